The van der Waals surface area contributed by atoms with Gasteiger partial charge in [0.1, 0.15) is 0 Å². The number of benzene rings is 1. The smallest absolute Gasteiger partial charge is 0.0794 e. The Balaban J connectivity index is 2.36. The third-order valence-corrected chi connectivity index (χ3v) is 4.41. The number of thiazole rings is 1. The number of aromatic nitrogens is 1. The van der Waals surface area contributed by atoms with Crippen molar-refractivity contribution in [2.24, 2.45) is 0 Å². The summed E-state index contributed by atoms with van der Waals surface area (Å²) in [6, 6.07) is 10.1. The molecule has 98 valence electrons. The van der Waals surface area contributed by atoms with Crippen molar-refractivity contribution in [1.82, 2.24) is 4.98 Å². The summed E-state index contributed by atoms with van der Waals surface area (Å²) < 4.78 is 0.956. The SMILES string of the molecule is N#C[C@@H](c1cccc(Br)c1)[C@H](CCO)c1cncs1. The second-order valence-corrected chi connectivity index (χ2v) is 6.02. The number of nitriles is 1. The predicted octanol–water partition coefficient (Wildman–Crippen LogP) is 3.68. The van der Waals surface area contributed by atoms with Crippen LogP contribution in [0.25, 0.3) is 0 Å². The van der Waals surface area contributed by atoms with Gasteiger partial charge >= 0.3 is 0 Å². The molecule has 0 amide bonds. The quantitative estimate of drug-likeness (QED) is 0.905. The van der Waals surface area contributed by atoms with E-state index in [-0.39, 0.29) is 18.4 Å². The zero-order valence-corrected chi connectivity index (χ0v) is 12.6. The number of hydrogen-bond donors (Lipinski definition) is 1. The molecule has 5 heteroatoms. The lowest BCUT2D eigenvalue weighted by molar-refractivity contribution is 0.273. The molecule has 0 aliphatic heterocycles. The zero-order valence-electron chi connectivity index (χ0n) is 10.2. The van der Waals surface area contributed by atoms with Gasteiger partial charge in [-0.25, -0.2) is 0 Å². The van der Waals surface area contributed by atoms with Crippen LogP contribution in [-0.2, 0) is 0 Å². The van der Waals surface area contributed by atoms with E-state index >= 15 is 0 Å². The first-order chi connectivity index (χ1) is 9.26. The largest absolute Gasteiger partial charge is 0.396 e. The molecule has 3 nitrogen and oxygen atoms in total. The molecule has 1 heterocycles. The van der Waals surface area contributed by atoms with Gasteiger partial charge in [0, 0.05) is 28.1 Å². The highest BCUT2D eigenvalue weighted by molar-refractivity contribution is 9.10. The van der Waals surface area contributed by atoms with Crippen LogP contribution in [0.1, 0.15) is 28.7 Å². The Labute approximate surface area is 124 Å². The summed E-state index contributed by atoms with van der Waals surface area (Å²) in [7, 11) is 0. The fourth-order valence-corrected chi connectivity index (χ4v) is 3.33. The molecule has 1 aromatic carbocycles. The Morgan fingerprint density at radius 2 is 2.32 bits per heavy atom. The van der Waals surface area contributed by atoms with Gasteiger partial charge in [-0.05, 0) is 24.1 Å². The minimum atomic E-state index is -0.273. The third-order valence-electron chi connectivity index (χ3n) is 3.01. The maximum absolute atomic E-state index is 9.50. The van der Waals surface area contributed by atoms with Crippen LogP contribution >= 0.6 is 27.3 Å². The van der Waals surface area contributed by atoms with Crippen LogP contribution in [0, 0.1) is 11.3 Å². The van der Waals surface area contributed by atoms with Crippen molar-refractivity contribution < 1.29 is 5.11 Å². The summed E-state index contributed by atoms with van der Waals surface area (Å²) in [5.41, 5.74) is 2.72. The minimum Gasteiger partial charge on any atom is -0.396 e. The first-order valence-electron chi connectivity index (χ1n) is 5.90. The fourth-order valence-electron chi connectivity index (χ4n) is 2.12. The maximum Gasteiger partial charge on any atom is 0.0794 e. The Morgan fingerprint density at radius 1 is 1.47 bits per heavy atom. The van der Waals surface area contributed by atoms with E-state index in [4.69, 9.17) is 0 Å². The van der Waals surface area contributed by atoms with Crippen molar-refractivity contribution in [2.45, 2.75) is 18.3 Å². The van der Waals surface area contributed by atoms with Crippen LogP contribution in [0.2, 0.25) is 0 Å². The van der Waals surface area contributed by atoms with Gasteiger partial charge in [-0.3, -0.25) is 4.98 Å². The van der Waals surface area contributed by atoms with Crippen molar-refractivity contribution >= 4 is 27.3 Å². The number of nitrogens with zero attached hydrogens (tertiary/aromatic N) is 2. The molecule has 0 unspecified atom stereocenters. The number of aliphatic hydroxyl groups excluding tert-OH is 1. The van der Waals surface area contributed by atoms with E-state index in [1.807, 2.05) is 24.3 Å². The number of rotatable bonds is 5. The molecule has 19 heavy (non-hydrogen) atoms. The summed E-state index contributed by atoms with van der Waals surface area (Å²) in [4.78, 5) is 5.11. The topological polar surface area (TPSA) is 56.9 Å². The van der Waals surface area contributed by atoms with Crippen LogP contribution < -0.4 is 0 Å². The summed E-state index contributed by atoms with van der Waals surface area (Å²) >= 11 is 4.96. The molecule has 1 aromatic heterocycles. The lowest BCUT2D eigenvalue weighted by Crippen LogP contribution is -2.10. The van der Waals surface area contributed by atoms with Gasteiger partial charge in [-0.1, -0.05) is 28.1 Å². The van der Waals surface area contributed by atoms with Crippen LogP contribution in [0.3, 0.4) is 0 Å². The first-order valence-corrected chi connectivity index (χ1v) is 7.58. The van der Waals surface area contributed by atoms with Gasteiger partial charge in [0.2, 0.25) is 0 Å². The molecule has 0 aliphatic carbocycles. The van der Waals surface area contributed by atoms with Gasteiger partial charge in [0.05, 0.1) is 17.5 Å². The van der Waals surface area contributed by atoms with Crippen LogP contribution in [0.5, 0.6) is 0 Å². The molecular formula is C14H13BrN2OS. The monoisotopic (exact) mass is 336 g/mol. The second kappa shape index (κ2) is 6.80. The predicted molar refractivity (Wildman–Crippen MR) is 79.1 cm³/mol. The van der Waals surface area contributed by atoms with Crippen molar-refractivity contribution in [2.75, 3.05) is 6.61 Å². The van der Waals surface area contributed by atoms with E-state index in [0.29, 0.717) is 6.42 Å². The average molecular weight is 337 g/mol. The number of aliphatic hydroxyl groups is 1. The zero-order chi connectivity index (χ0) is 13.7. The fraction of sp³-hybridized carbons (Fsp3) is 0.286. The Hall–Kier alpha value is -1.22. The molecule has 0 bridgehead atoms. The van der Waals surface area contributed by atoms with Gasteiger partial charge in [-0.2, -0.15) is 5.26 Å². The molecule has 1 N–H and O–H groups in total. The lowest BCUT2D eigenvalue weighted by atomic mass is 9.84. The van der Waals surface area contributed by atoms with Gasteiger partial charge in [0.15, 0.2) is 0 Å². The molecule has 0 spiro atoms. The molecule has 0 radical (unpaired) electrons. The lowest BCUT2D eigenvalue weighted by Gasteiger charge is -2.20. The van der Waals surface area contributed by atoms with Crippen molar-refractivity contribution in [3.63, 3.8) is 0 Å². The van der Waals surface area contributed by atoms with Crippen LogP contribution in [0.15, 0.2) is 40.4 Å². The standard InChI is InChI=1S/C14H13BrN2OS/c15-11-3-1-2-10(6-11)13(7-16)12(4-5-18)14-8-17-9-19-14/h1-3,6,8-9,12-13,18H,4-5H2/t12-,13-/m0/s1. The second-order valence-electron chi connectivity index (χ2n) is 4.18. The van der Waals surface area contributed by atoms with Crippen molar-refractivity contribution in [3.05, 3.63) is 50.9 Å². The maximum atomic E-state index is 9.50. The van der Waals surface area contributed by atoms with E-state index in [1.54, 1.807) is 11.7 Å². The Morgan fingerprint density at radius 3 is 2.89 bits per heavy atom. The molecular weight excluding hydrogens is 324 g/mol. The molecule has 0 saturated heterocycles. The van der Waals surface area contributed by atoms with Crippen LogP contribution in [-0.4, -0.2) is 16.7 Å². The van der Waals surface area contributed by atoms with E-state index in [1.165, 1.54) is 11.3 Å². The third kappa shape index (κ3) is 3.41. The van der Waals surface area contributed by atoms with Crippen LogP contribution in [0.4, 0.5) is 0 Å². The molecule has 0 saturated carbocycles. The first kappa shape index (κ1) is 14.2. The van der Waals surface area contributed by atoms with Gasteiger partial charge in [-0.15, -0.1) is 11.3 Å². The molecule has 0 aliphatic rings. The van der Waals surface area contributed by atoms with Gasteiger partial charge < -0.3 is 5.11 Å². The molecule has 0 fully saturated rings. The Kier molecular flexibility index (Phi) is 5.08. The van der Waals surface area contributed by atoms with Gasteiger partial charge in [0.25, 0.3) is 0 Å². The van der Waals surface area contributed by atoms with E-state index in [2.05, 4.69) is 27.0 Å². The van der Waals surface area contributed by atoms with E-state index < -0.39 is 0 Å². The van der Waals surface area contributed by atoms with E-state index in [9.17, 15) is 10.4 Å². The van der Waals surface area contributed by atoms with Crippen molar-refractivity contribution in [3.8, 4) is 6.07 Å². The summed E-state index contributed by atoms with van der Waals surface area (Å²) in [6.45, 7) is 0.0642. The summed E-state index contributed by atoms with van der Waals surface area (Å²) in [5.74, 6) is -0.290. The highest BCUT2D eigenvalue weighted by Gasteiger charge is 2.25. The summed E-state index contributed by atoms with van der Waals surface area (Å²) in [6.07, 6.45) is 2.35. The molecule has 2 aromatic rings. The Bertz CT molecular complexity index is 565. The molecule has 2 atom stereocenters. The normalized spacial score (nSPS) is 13.7. The molecule has 2 rings (SSSR count). The van der Waals surface area contributed by atoms with Crippen molar-refractivity contribution in [1.29, 1.82) is 5.26 Å². The van der Waals surface area contributed by atoms with E-state index in [0.717, 1.165) is 14.9 Å². The number of halogens is 1. The highest BCUT2D eigenvalue weighted by atomic mass is 79.9. The highest BCUT2D eigenvalue weighted by Crippen LogP contribution is 2.37. The minimum absolute atomic E-state index is 0.0169. The summed E-state index contributed by atoms with van der Waals surface area (Å²) in [5, 5.41) is 18.8. The average Bonchev–Trinajstić information content (AvgIpc) is 2.92. The number of hydrogen-bond acceptors (Lipinski definition) is 4.